The highest BCUT2D eigenvalue weighted by Gasteiger charge is 2.37. The van der Waals surface area contributed by atoms with Crippen LogP contribution < -0.4 is 15.3 Å². The number of hydrogen-bond donors (Lipinski definition) is 2. The molecule has 1 amide bonds. The van der Waals surface area contributed by atoms with Crippen LogP contribution in [0.5, 0.6) is 0 Å². The molecule has 0 saturated heterocycles. The predicted molar refractivity (Wildman–Crippen MR) is 63.4 cm³/mol. The third kappa shape index (κ3) is 5.17. The molecule has 0 fully saturated rings. The van der Waals surface area contributed by atoms with Crippen LogP contribution in [-0.4, -0.2) is 37.0 Å². The molecule has 0 atom stereocenters. The Hall–Kier alpha value is -1.10. The molecule has 0 aliphatic heterocycles. The molecule has 0 spiro atoms. The molecule has 0 unspecified atom stereocenters. The number of carboxylic acid groups (broad SMARTS) is 1. The summed E-state index contributed by atoms with van der Waals surface area (Å²) >= 11 is 0. The Kier molecular flexibility index (Phi) is 6.80. The van der Waals surface area contributed by atoms with Crippen molar-refractivity contribution in [3.8, 4) is 0 Å². The van der Waals surface area contributed by atoms with Crippen LogP contribution >= 0.6 is 0 Å². The van der Waals surface area contributed by atoms with Crippen molar-refractivity contribution in [1.29, 1.82) is 0 Å². The Labute approximate surface area is 103 Å². The average molecular weight is 244 g/mol. The van der Waals surface area contributed by atoms with E-state index in [0.29, 0.717) is 0 Å². The van der Waals surface area contributed by atoms with Gasteiger partial charge in [-0.2, -0.15) is 0 Å². The lowest BCUT2D eigenvalue weighted by molar-refractivity contribution is -0.938. The van der Waals surface area contributed by atoms with Gasteiger partial charge < -0.3 is 20.1 Å². The number of aliphatic carboxylic acids is 1. The quantitative estimate of drug-likeness (QED) is 0.536. The Morgan fingerprint density at radius 3 is 2.00 bits per heavy atom. The molecule has 0 aromatic heterocycles. The summed E-state index contributed by atoms with van der Waals surface area (Å²) in [5.74, 6) is -1.50. The van der Waals surface area contributed by atoms with E-state index in [0.717, 1.165) is 25.9 Å². The first-order valence-electron chi connectivity index (χ1n) is 6.19. The lowest BCUT2D eigenvalue weighted by atomic mass is 10.0. The Morgan fingerprint density at radius 1 is 1.18 bits per heavy atom. The van der Waals surface area contributed by atoms with Crippen LogP contribution in [0.2, 0.25) is 0 Å². The van der Waals surface area contributed by atoms with Crippen LogP contribution in [0.3, 0.4) is 0 Å². The number of quaternary nitrogens is 1. The summed E-state index contributed by atoms with van der Waals surface area (Å²) in [4.78, 5) is 23.4. The van der Waals surface area contributed by atoms with Crippen LogP contribution in [0.4, 0.5) is 0 Å². The fourth-order valence-corrected chi connectivity index (χ4v) is 1.89. The molecule has 0 aliphatic carbocycles. The number of hydrogen-bond acceptors (Lipinski definition) is 3. The maximum atomic E-state index is 11.9. The second-order valence-electron chi connectivity index (χ2n) is 4.78. The molecule has 0 aliphatic rings. The smallest absolute Gasteiger partial charge is 0.281 e. The largest absolute Gasteiger partial charge is 0.548 e. The minimum absolute atomic E-state index is 0.237. The van der Waals surface area contributed by atoms with E-state index < -0.39 is 18.1 Å². The van der Waals surface area contributed by atoms with Gasteiger partial charge in [-0.3, -0.25) is 4.79 Å². The molecule has 0 aromatic rings. The summed E-state index contributed by atoms with van der Waals surface area (Å²) in [6.45, 7) is 9.22. The van der Waals surface area contributed by atoms with Crippen molar-refractivity contribution >= 4 is 11.9 Å². The van der Waals surface area contributed by atoms with Crippen LogP contribution in [0, 0.1) is 0 Å². The van der Waals surface area contributed by atoms with Gasteiger partial charge in [-0.25, -0.2) is 0 Å². The van der Waals surface area contributed by atoms with E-state index in [9.17, 15) is 14.7 Å². The molecular weight excluding hydrogens is 220 g/mol. The lowest BCUT2D eigenvalue weighted by Crippen LogP contribution is -3.21. The molecule has 0 radical (unpaired) electrons. The monoisotopic (exact) mass is 244 g/mol. The highest BCUT2D eigenvalue weighted by molar-refractivity contribution is 5.86. The summed E-state index contributed by atoms with van der Waals surface area (Å²) in [5.41, 5.74) is -0.610. The van der Waals surface area contributed by atoms with Gasteiger partial charge in [0.2, 0.25) is 0 Å². The molecule has 0 rings (SSSR count). The SMILES string of the molecule is CCC[NH+](CCC)C(C)(C)C(=O)NCC(=O)[O-]. The molecular formula is C12H24N2O3. The zero-order valence-electron chi connectivity index (χ0n) is 11.3. The van der Waals surface area contributed by atoms with Crippen molar-refractivity contribution in [3.05, 3.63) is 0 Å². The topological polar surface area (TPSA) is 73.7 Å². The van der Waals surface area contributed by atoms with Crippen molar-refractivity contribution in [2.24, 2.45) is 0 Å². The average Bonchev–Trinajstić information content (AvgIpc) is 2.25. The Bertz CT molecular complexity index is 258. The van der Waals surface area contributed by atoms with Crippen LogP contribution in [0.1, 0.15) is 40.5 Å². The predicted octanol–water partition coefficient (Wildman–Crippen LogP) is -1.66. The van der Waals surface area contributed by atoms with E-state index in [-0.39, 0.29) is 5.91 Å². The van der Waals surface area contributed by atoms with E-state index in [1.54, 1.807) is 0 Å². The molecule has 2 N–H and O–H groups in total. The molecule has 5 nitrogen and oxygen atoms in total. The fraction of sp³-hybridized carbons (Fsp3) is 0.833. The zero-order chi connectivity index (χ0) is 13.5. The molecule has 17 heavy (non-hydrogen) atoms. The number of rotatable bonds is 8. The normalized spacial score (nSPS) is 11.6. The number of carbonyl (C=O) groups excluding carboxylic acids is 2. The van der Waals surface area contributed by atoms with Crippen molar-refractivity contribution in [1.82, 2.24) is 5.32 Å². The van der Waals surface area contributed by atoms with Crippen LogP contribution in [-0.2, 0) is 9.59 Å². The van der Waals surface area contributed by atoms with Gasteiger partial charge in [-0.1, -0.05) is 13.8 Å². The van der Waals surface area contributed by atoms with E-state index in [2.05, 4.69) is 19.2 Å². The van der Waals surface area contributed by atoms with Gasteiger partial charge in [-0.15, -0.1) is 0 Å². The molecule has 0 saturated carbocycles. The number of amides is 1. The van der Waals surface area contributed by atoms with Gasteiger partial charge >= 0.3 is 0 Å². The van der Waals surface area contributed by atoms with Gasteiger partial charge in [-0.05, 0) is 26.7 Å². The van der Waals surface area contributed by atoms with Crippen molar-refractivity contribution < 1.29 is 19.6 Å². The number of nitrogens with one attached hydrogen (secondary N) is 2. The fourth-order valence-electron chi connectivity index (χ4n) is 1.89. The third-order valence-corrected chi connectivity index (χ3v) is 2.95. The number of carbonyl (C=O) groups is 2. The van der Waals surface area contributed by atoms with Crippen molar-refractivity contribution in [2.75, 3.05) is 19.6 Å². The maximum Gasteiger partial charge on any atom is 0.281 e. The highest BCUT2D eigenvalue weighted by atomic mass is 16.4. The standard InChI is InChI=1S/C12H24N2O3/c1-5-7-14(8-6-2)12(3,4)11(17)13-9-10(15)16/h5-9H2,1-4H3,(H,13,17)(H,15,16). The molecule has 0 aromatic carbocycles. The van der Waals surface area contributed by atoms with Gasteiger partial charge in [0, 0.05) is 0 Å². The summed E-state index contributed by atoms with van der Waals surface area (Å²) < 4.78 is 0. The molecule has 100 valence electrons. The third-order valence-electron chi connectivity index (χ3n) is 2.95. The van der Waals surface area contributed by atoms with Gasteiger partial charge in [0.1, 0.15) is 0 Å². The molecule has 5 heteroatoms. The van der Waals surface area contributed by atoms with Crippen molar-refractivity contribution in [3.63, 3.8) is 0 Å². The first-order valence-corrected chi connectivity index (χ1v) is 6.19. The van der Waals surface area contributed by atoms with E-state index in [4.69, 9.17) is 0 Å². The van der Waals surface area contributed by atoms with Crippen LogP contribution in [0.15, 0.2) is 0 Å². The van der Waals surface area contributed by atoms with E-state index in [1.165, 1.54) is 4.90 Å². The molecule has 0 heterocycles. The zero-order valence-corrected chi connectivity index (χ0v) is 11.3. The first kappa shape index (κ1) is 15.9. The second-order valence-corrected chi connectivity index (χ2v) is 4.78. The van der Waals surface area contributed by atoms with E-state index >= 15 is 0 Å². The summed E-state index contributed by atoms with van der Waals surface area (Å²) in [5, 5.41) is 12.7. The molecule has 0 bridgehead atoms. The first-order chi connectivity index (χ1) is 7.86. The Morgan fingerprint density at radius 2 is 1.65 bits per heavy atom. The Balaban J connectivity index is 4.56. The highest BCUT2D eigenvalue weighted by Crippen LogP contribution is 1.97. The summed E-state index contributed by atoms with van der Waals surface area (Å²) in [6, 6.07) is 0. The number of carboxylic acids is 1. The van der Waals surface area contributed by atoms with Gasteiger partial charge in [0.05, 0.1) is 25.6 Å². The van der Waals surface area contributed by atoms with E-state index in [1.807, 2.05) is 13.8 Å². The van der Waals surface area contributed by atoms with Gasteiger partial charge in [0.15, 0.2) is 5.54 Å². The van der Waals surface area contributed by atoms with Crippen molar-refractivity contribution in [2.45, 2.75) is 46.1 Å². The van der Waals surface area contributed by atoms with Crippen LogP contribution in [0.25, 0.3) is 0 Å². The minimum atomic E-state index is -1.26. The lowest BCUT2D eigenvalue weighted by Gasteiger charge is -2.33. The summed E-state index contributed by atoms with van der Waals surface area (Å²) in [7, 11) is 0. The maximum absolute atomic E-state index is 11.9. The summed E-state index contributed by atoms with van der Waals surface area (Å²) in [6.07, 6.45) is 1.99. The second kappa shape index (κ2) is 7.27. The van der Waals surface area contributed by atoms with Gasteiger partial charge in [0.25, 0.3) is 5.91 Å². The minimum Gasteiger partial charge on any atom is -0.548 e.